The SMILES string of the molecule is COc1ccc2[nH]c3c(c2c1)CC(C)NC3C. The Morgan fingerprint density at radius 1 is 1.29 bits per heavy atom. The van der Waals surface area contributed by atoms with Gasteiger partial charge in [0.25, 0.3) is 0 Å². The minimum absolute atomic E-state index is 0.396. The molecule has 2 heterocycles. The van der Waals surface area contributed by atoms with Gasteiger partial charge in [-0.3, -0.25) is 0 Å². The number of H-pyrrole nitrogens is 1. The van der Waals surface area contributed by atoms with Gasteiger partial charge in [0.05, 0.1) is 7.11 Å². The molecule has 2 atom stereocenters. The standard InChI is InChI=1S/C14H18N2O/c1-8-6-12-11-7-10(17-3)4-5-13(11)16-14(12)9(2)15-8/h4-5,7-9,15-16H,6H2,1-3H3. The molecule has 0 saturated heterocycles. The van der Waals surface area contributed by atoms with Gasteiger partial charge in [0, 0.05) is 28.7 Å². The second-order valence-corrected chi connectivity index (χ2v) is 4.92. The van der Waals surface area contributed by atoms with Crippen molar-refractivity contribution in [1.82, 2.24) is 10.3 Å². The lowest BCUT2D eigenvalue weighted by Crippen LogP contribution is -2.35. The van der Waals surface area contributed by atoms with Crippen LogP contribution in [0.1, 0.15) is 31.1 Å². The number of hydrogen-bond acceptors (Lipinski definition) is 2. The average molecular weight is 230 g/mol. The number of benzene rings is 1. The van der Waals surface area contributed by atoms with Gasteiger partial charge < -0.3 is 15.0 Å². The zero-order valence-electron chi connectivity index (χ0n) is 10.5. The first kappa shape index (κ1) is 10.7. The molecule has 1 aliphatic heterocycles. The van der Waals surface area contributed by atoms with Crippen LogP contribution in [0, 0.1) is 0 Å². The molecule has 0 saturated carbocycles. The summed E-state index contributed by atoms with van der Waals surface area (Å²) in [5.74, 6) is 0.929. The molecule has 2 aromatic rings. The Morgan fingerprint density at radius 3 is 2.88 bits per heavy atom. The third-order valence-corrected chi connectivity index (χ3v) is 3.62. The third kappa shape index (κ3) is 1.62. The van der Waals surface area contributed by atoms with E-state index in [-0.39, 0.29) is 0 Å². The molecule has 3 nitrogen and oxygen atoms in total. The van der Waals surface area contributed by atoms with Crippen molar-refractivity contribution in [3.8, 4) is 5.75 Å². The molecule has 0 fully saturated rings. The maximum Gasteiger partial charge on any atom is 0.119 e. The topological polar surface area (TPSA) is 37.0 Å². The Morgan fingerprint density at radius 2 is 2.12 bits per heavy atom. The summed E-state index contributed by atoms with van der Waals surface area (Å²) in [6, 6.07) is 7.17. The Bertz CT molecular complexity index is 559. The first-order valence-corrected chi connectivity index (χ1v) is 6.13. The van der Waals surface area contributed by atoms with Crippen LogP contribution in [0.2, 0.25) is 0 Å². The lowest BCUT2D eigenvalue weighted by molar-refractivity contribution is 0.415. The van der Waals surface area contributed by atoms with Gasteiger partial charge in [-0.2, -0.15) is 0 Å². The first-order valence-electron chi connectivity index (χ1n) is 6.13. The van der Waals surface area contributed by atoms with Gasteiger partial charge in [0.15, 0.2) is 0 Å². The molecule has 3 heteroatoms. The summed E-state index contributed by atoms with van der Waals surface area (Å²) in [6.07, 6.45) is 1.08. The predicted octanol–water partition coefficient (Wildman–Crippen LogP) is 2.77. The monoisotopic (exact) mass is 230 g/mol. The molecule has 1 aromatic heterocycles. The highest BCUT2D eigenvalue weighted by Crippen LogP contribution is 2.33. The quantitative estimate of drug-likeness (QED) is 0.790. The molecule has 0 aliphatic carbocycles. The molecule has 2 unspecified atom stereocenters. The highest BCUT2D eigenvalue weighted by molar-refractivity contribution is 5.86. The number of hydrogen-bond donors (Lipinski definition) is 2. The van der Waals surface area contributed by atoms with Crippen LogP contribution in [0.4, 0.5) is 0 Å². The van der Waals surface area contributed by atoms with Crippen molar-refractivity contribution in [2.24, 2.45) is 0 Å². The van der Waals surface area contributed by atoms with Crippen LogP contribution in [-0.4, -0.2) is 18.1 Å². The number of rotatable bonds is 1. The van der Waals surface area contributed by atoms with Crippen LogP contribution in [0.25, 0.3) is 10.9 Å². The van der Waals surface area contributed by atoms with Crippen LogP contribution in [0.15, 0.2) is 18.2 Å². The number of aromatic nitrogens is 1. The van der Waals surface area contributed by atoms with Crippen LogP contribution < -0.4 is 10.1 Å². The van der Waals surface area contributed by atoms with Crippen molar-refractivity contribution in [1.29, 1.82) is 0 Å². The van der Waals surface area contributed by atoms with E-state index in [1.165, 1.54) is 22.2 Å². The number of methoxy groups -OCH3 is 1. The van der Waals surface area contributed by atoms with Gasteiger partial charge in [-0.05, 0) is 44.0 Å². The Hall–Kier alpha value is -1.48. The third-order valence-electron chi connectivity index (χ3n) is 3.62. The van der Waals surface area contributed by atoms with E-state index in [4.69, 9.17) is 4.74 Å². The van der Waals surface area contributed by atoms with E-state index in [0.29, 0.717) is 12.1 Å². The smallest absolute Gasteiger partial charge is 0.119 e. The minimum atomic E-state index is 0.396. The summed E-state index contributed by atoms with van der Waals surface area (Å²) in [5, 5.41) is 4.87. The summed E-state index contributed by atoms with van der Waals surface area (Å²) in [6.45, 7) is 4.44. The highest BCUT2D eigenvalue weighted by atomic mass is 16.5. The maximum atomic E-state index is 5.31. The van der Waals surface area contributed by atoms with Crippen LogP contribution in [0.3, 0.4) is 0 Å². The summed E-state index contributed by atoms with van der Waals surface area (Å²) in [4.78, 5) is 3.52. The van der Waals surface area contributed by atoms with E-state index in [9.17, 15) is 0 Å². The first-order chi connectivity index (χ1) is 8.19. The fourth-order valence-electron chi connectivity index (χ4n) is 2.84. The van der Waals surface area contributed by atoms with Crippen molar-refractivity contribution in [2.75, 3.05) is 7.11 Å². The van der Waals surface area contributed by atoms with Gasteiger partial charge >= 0.3 is 0 Å². The molecular formula is C14H18N2O. The molecule has 1 aromatic carbocycles. The molecular weight excluding hydrogens is 212 g/mol. The molecule has 0 amide bonds. The van der Waals surface area contributed by atoms with E-state index >= 15 is 0 Å². The Labute approximate surface area is 101 Å². The van der Waals surface area contributed by atoms with Gasteiger partial charge in [-0.1, -0.05) is 0 Å². The number of nitrogens with one attached hydrogen (secondary N) is 2. The zero-order valence-corrected chi connectivity index (χ0v) is 10.5. The van der Waals surface area contributed by atoms with Gasteiger partial charge in [0.2, 0.25) is 0 Å². The van der Waals surface area contributed by atoms with E-state index in [1.807, 2.05) is 6.07 Å². The fourth-order valence-corrected chi connectivity index (χ4v) is 2.84. The average Bonchev–Trinajstić information content (AvgIpc) is 2.67. The van der Waals surface area contributed by atoms with Crippen molar-refractivity contribution < 1.29 is 4.74 Å². The van der Waals surface area contributed by atoms with Gasteiger partial charge in [-0.25, -0.2) is 0 Å². The normalized spacial score (nSPS) is 23.7. The number of ether oxygens (including phenoxy) is 1. The lowest BCUT2D eigenvalue weighted by Gasteiger charge is -2.26. The number of aromatic amines is 1. The summed E-state index contributed by atoms with van der Waals surface area (Å²) < 4.78 is 5.31. The van der Waals surface area contributed by atoms with E-state index in [0.717, 1.165) is 12.2 Å². The molecule has 0 radical (unpaired) electrons. The predicted molar refractivity (Wildman–Crippen MR) is 69.6 cm³/mol. The van der Waals surface area contributed by atoms with E-state index in [1.54, 1.807) is 7.11 Å². The Balaban J connectivity index is 2.22. The van der Waals surface area contributed by atoms with Crippen LogP contribution in [-0.2, 0) is 6.42 Å². The molecule has 3 rings (SSSR count). The number of fused-ring (bicyclic) bond motifs is 3. The summed E-state index contributed by atoms with van der Waals surface area (Å²) in [7, 11) is 1.72. The van der Waals surface area contributed by atoms with E-state index < -0.39 is 0 Å². The molecule has 0 spiro atoms. The largest absolute Gasteiger partial charge is 0.497 e. The van der Waals surface area contributed by atoms with Crippen molar-refractivity contribution in [3.05, 3.63) is 29.5 Å². The molecule has 2 N–H and O–H groups in total. The van der Waals surface area contributed by atoms with Crippen molar-refractivity contribution >= 4 is 10.9 Å². The lowest BCUT2D eigenvalue weighted by atomic mass is 9.95. The fraction of sp³-hybridized carbons (Fsp3) is 0.429. The van der Waals surface area contributed by atoms with Gasteiger partial charge in [0.1, 0.15) is 5.75 Å². The van der Waals surface area contributed by atoms with E-state index in [2.05, 4.69) is 36.3 Å². The Kier molecular flexibility index (Phi) is 2.37. The van der Waals surface area contributed by atoms with Crippen LogP contribution in [0.5, 0.6) is 5.75 Å². The second kappa shape index (κ2) is 3.77. The minimum Gasteiger partial charge on any atom is -0.497 e. The second-order valence-electron chi connectivity index (χ2n) is 4.92. The molecule has 90 valence electrons. The van der Waals surface area contributed by atoms with Gasteiger partial charge in [-0.15, -0.1) is 0 Å². The maximum absolute atomic E-state index is 5.31. The highest BCUT2D eigenvalue weighted by Gasteiger charge is 2.24. The van der Waals surface area contributed by atoms with Crippen molar-refractivity contribution in [3.63, 3.8) is 0 Å². The molecule has 17 heavy (non-hydrogen) atoms. The molecule has 0 bridgehead atoms. The zero-order chi connectivity index (χ0) is 12.0. The van der Waals surface area contributed by atoms with Crippen LogP contribution >= 0.6 is 0 Å². The molecule has 1 aliphatic rings. The summed E-state index contributed by atoms with van der Waals surface area (Å²) in [5.41, 5.74) is 3.97. The summed E-state index contributed by atoms with van der Waals surface area (Å²) >= 11 is 0. The van der Waals surface area contributed by atoms with Crippen molar-refractivity contribution in [2.45, 2.75) is 32.4 Å².